The van der Waals surface area contributed by atoms with Gasteiger partial charge in [0.1, 0.15) is 11.5 Å². The van der Waals surface area contributed by atoms with Gasteiger partial charge in [-0.15, -0.1) is 0 Å². The number of carbonyl (C=O) groups excluding carboxylic acids is 1. The number of benzene rings is 1. The van der Waals surface area contributed by atoms with Gasteiger partial charge in [-0.3, -0.25) is 9.78 Å². The van der Waals surface area contributed by atoms with Gasteiger partial charge in [-0.1, -0.05) is 53.6 Å². The highest BCUT2D eigenvalue weighted by Crippen LogP contribution is 2.47. The second-order valence-corrected chi connectivity index (χ2v) is 7.09. The molecule has 2 unspecified atom stereocenters. The lowest BCUT2D eigenvalue weighted by atomic mass is 9.69. The summed E-state index contributed by atoms with van der Waals surface area (Å²) < 4.78 is 5.56. The average molecular weight is 400 g/mol. The van der Waals surface area contributed by atoms with Crippen molar-refractivity contribution in [3.05, 3.63) is 81.7 Å². The second-order valence-electron chi connectivity index (χ2n) is 6.28. The van der Waals surface area contributed by atoms with Crippen LogP contribution in [0.15, 0.2) is 54.9 Å². The van der Waals surface area contributed by atoms with E-state index in [1.54, 1.807) is 19.3 Å². The fourth-order valence-corrected chi connectivity index (χ4v) is 4.27. The molecule has 0 aliphatic heterocycles. The fraction of sp³-hybridized carbons (Fsp3) is 0.150. The highest BCUT2D eigenvalue weighted by atomic mass is 35.5. The van der Waals surface area contributed by atoms with Crippen molar-refractivity contribution < 1.29 is 9.53 Å². The minimum atomic E-state index is -1.38. The molecule has 0 bridgehead atoms. The van der Waals surface area contributed by atoms with Gasteiger partial charge >= 0.3 is 0 Å². The first-order chi connectivity index (χ1) is 13.0. The van der Waals surface area contributed by atoms with Crippen LogP contribution in [-0.4, -0.2) is 23.0 Å². The molecule has 2 N–H and O–H groups in total. The molecule has 0 fully saturated rings. The van der Waals surface area contributed by atoms with Crippen molar-refractivity contribution in [3.63, 3.8) is 0 Å². The third-order valence-corrected chi connectivity index (χ3v) is 5.43. The highest BCUT2D eigenvalue weighted by molar-refractivity contribution is 6.36. The molecule has 0 saturated heterocycles. The quantitative estimate of drug-likeness (QED) is 0.675. The predicted molar refractivity (Wildman–Crippen MR) is 105 cm³/mol. The Labute approximate surface area is 165 Å². The molecule has 2 atom stereocenters. The first kappa shape index (κ1) is 17.9. The molecule has 7 heteroatoms. The molecular formula is C20H15Cl2N3O2. The number of hydrogen-bond donors (Lipinski definition) is 1. The molecule has 1 aliphatic carbocycles. The molecule has 27 heavy (non-hydrogen) atoms. The number of fused-ring (bicyclic) bond motifs is 2. The Kier molecular flexibility index (Phi) is 4.38. The Morgan fingerprint density at radius 2 is 1.93 bits per heavy atom. The third kappa shape index (κ3) is 2.62. The van der Waals surface area contributed by atoms with E-state index >= 15 is 0 Å². The zero-order chi connectivity index (χ0) is 19.2. The Balaban J connectivity index is 2.14. The van der Waals surface area contributed by atoms with E-state index in [1.165, 1.54) is 12.4 Å². The maximum atomic E-state index is 12.8. The summed E-state index contributed by atoms with van der Waals surface area (Å²) in [6.07, 6.45) is 5.91. The van der Waals surface area contributed by atoms with Crippen LogP contribution in [0, 0.1) is 0 Å². The Morgan fingerprint density at radius 3 is 2.59 bits per heavy atom. The molecule has 0 saturated carbocycles. The normalized spacial score (nSPS) is 21.2. The van der Waals surface area contributed by atoms with Gasteiger partial charge in [0, 0.05) is 36.0 Å². The van der Waals surface area contributed by atoms with E-state index in [9.17, 15) is 4.79 Å². The van der Waals surface area contributed by atoms with Crippen molar-refractivity contribution in [2.75, 3.05) is 7.11 Å². The fourth-order valence-electron chi connectivity index (χ4n) is 3.61. The van der Waals surface area contributed by atoms with Crippen LogP contribution in [0.4, 0.5) is 0 Å². The van der Waals surface area contributed by atoms with Gasteiger partial charge in [-0.25, -0.2) is 4.98 Å². The van der Waals surface area contributed by atoms with E-state index < -0.39 is 17.4 Å². The van der Waals surface area contributed by atoms with Crippen molar-refractivity contribution in [2.45, 2.75) is 11.5 Å². The minimum Gasteiger partial charge on any atom is -0.371 e. The smallest absolute Gasteiger partial charge is 0.236 e. The SMILES string of the molecule is COC1C=CC(C(N)=O)(c2c(Cl)cncc2Cl)c2cc3ccccc3nc21. The Bertz CT molecular complexity index is 1080. The van der Waals surface area contributed by atoms with E-state index in [-0.39, 0.29) is 10.0 Å². The lowest BCUT2D eigenvalue weighted by Crippen LogP contribution is -2.44. The molecule has 0 spiro atoms. The topological polar surface area (TPSA) is 78.1 Å². The number of halogens is 2. The van der Waals surface area contributed by atoms with Crippen LogP contribution in [0.25, 0.3) is 10.9 Å². The van der Waals surface area contributed by atoms with E-state index in [2.05, 4.69) is 4.98 Å². The Hall–Kier alpha value is -2.47. The number of ether oxygens (including phenoxy) is 1. The largest absolute Gasteiger partial charge is 0.371 e. The molecule has 5 nitrogen and oxygen atoms in total. The molecular weight excluding hydrogens is 385 g/mol. The van der Waals surface area contributed by atoms with Gasteiger partial charge in [0.2, 0.25) is 5.91 Å². The zero-order valence-corrected chi connectivity index (χ0v) is 15.8. The van der Waals surface area contributed by atoms with Crippen molar-refractivity contribution in [1.29, 1.82) is 0 Å². The third-order valence-electron chi connectivity index (χ3n) is 4.86. The Morgan fingerprint density at radius 1 is 1.22 bits per heavy atom. The number of nitrogens with zero attached hydrogens (tertiary/aromatic N) is 2. The number of aromatic nitrogens is 2. The lowest BCUT2D eigenvalue weighted by molar-refractivity contribution is -0.120. The summed E-state index contributed by atoms with van der Waals surface area (Å²) in [6.45, 7) is 0. The van der Waals surface area contributed by atoms with Crippen molar-refractivity contribution in [3.8, 4) is 0 Å². The maximum Gasteiger partial charge on any atom is 0.236 e. The highest BCUT2D eigenvalue weighted by Gasteiger charge is 2.46. The van der Waals surface area contributed by atoms with Gasteiger partial charge in [0.05, 0.1) is 21.3 Å². The summed E-state index contributed by atoms with van der Waals surface area (Å²) in [5.41, 5.74) is 6.92. The van der Waals surface area contributed by atoms with Crippen LogP contribution < -0.4 is 5.73 Å². The molecule has 3 aromatic rings. The number of primary amides is 1. The van der Waals surface area contributed by atoms with E-state index in [0.29, 0.717) is 16.8 Å². The first-order valence-electron chi connectivity index (χ1n) is 8.20. The average Bonchev–Trinajstić information content (AvgIpc) is 2.66. The molecule has 1 aromatic carbocycles. The number of nitrogens with two attached hydrogens (primary N) is 1. The van der Waals surface area contributed by atoms with E-state index in [0.717, 1.165) is 10.9 Å². The molecule has 4 rings (SSSR count). The standard InChI is InChI=1S/C20H15Cl2N3O2/c1-27-16-6-7-20(19(23)26,17-13(21)9-24-10-14(17)22)12-8-11-4-2-3-5-15(11)25-18(12)16/h2-10,16H,1H3,(H2,23,26). The van der Waals surface area contributed by atoms with Crippen molar-refractivity contribution >= 4 is 40.0 Å². The molecule has 2 heterocycles. The van der Waals surface area contributed by atoms with Crippen LogP contribution in [0.3, 0.4) is 0 Å². The number of carbonyl (C=O) groups is 1. The van der Waals surface area contributed by atoms with Crippen LogP contribution in [0.5, 0.6) is 0 Å². The number of rotatable bonds is 3. The van der Waals surface area contributed by atoms with Gasteiger partial charge in [0.15, 0.2) is 0 Å². The van der Waals surface area contributed by atoms with Gasteiger partial charge in [-0.2, -0.15) is 0 Å². The summed E-state index contributed by atoms with van der Waals surface area (Å²) in [4.78, 5) is 21.6. The molecule has 0 radical (unpaired) electrons. The number of hydrogen-bond acceptors (Lipinski definition) is 4. The molecule has 2 aromatic heterocycles. The van der Waals surface area contributed by atoms with Crippen LogP contribution in [0.2, 0.25) is 10.0 Å². The number of para-hydroxylation sites is 1. The molecule has 1 aliphatic rings. The summed E-state index contributed by atoms with van der Waals surface area (Å²) in [5.74, 6) is -0.610. The second kappa shape index (κ2) is 6.60. The summed E-state index contributed by atoms with van der Waals surface area (Å²) in [6, 6.07) is 9.52. The molecule has 136 valence electrons. The zero-order valence-electron chi connectivity index (χ0n) is 14.3. The number of amides is 1. The summed E-state index contributed by atoms with van der Waals surface area (Å²) in [7, 11) is 1.58. The number of pyridine rings is 2. The van der Waals surface area contributed by atoms with Gasteiger partial charge in [-0.05, 0) is 12.1 Å². The monoisotopic (exact) mass is 399 g/mol. The lowest BCUT2D eigenvalue weighted by Gasteiger charge is -2.36. The minimum absolute atomic E-state index is 0.251. The first-order valence-corrected chi connectivity index (χ1v) is 8.96. The predicted octanol–water partition coefficient (Wildman–Crippen LogP) is 3.97. The van der Waals surface area contributed by atoms with Crippen LogP contribution in [0.1, 0.15) is 22.9 Å². The summed E-state index contributed by atoms with van der Waals surface area (Å²) >= 11 is 12.8. The van der Waals surface area contributed by atoms with Gasteiger partial charge in [0.25, 0.3) is 0 Å². The number of methoxy groups -OCH3 is 1. The maximum absolute atomic E-state index is 12.8. The van der Waals surface area contributed by atoms with Crippen LogP contribution >= 0.6 is 23.2 Å². The van der Waals surface area contributed by atoms with E-state index in [1.807, 2.05) is 30.3 Å². The van der Waals surface area contributed by atoms with Crippen molar-refractivity contribution in [2.24, 2.45) is 5.73 Å². The van der Waals surface area contributed by atoms with E-state index in [4.69, 9.17) is 38.7 Å². The van der Waals surface area contributed by atoms with Gasteiger partial charge < -0.3 is 10.5 Å². The summed E-state index contributed by atoms with van der Waals surface area (Å²) in [5, 5.41) is 1.37. The molecule has 1 amide bonds. The van der Waals surface area contributed by atoms with Crippen LogP contribution in [-0.2, 0) is 14.9 Å². The van der Waals surface area contributed by atoms with Crippen molar-refractivity contribution in [1.82, 2.24) is 9.97 Å².